The van der Waals surface area contributed by atoms with Crippen LogP contribution >= 0.6 is 0 Å². The van der Waals surface area contributed by atoms with Crippen LogP contribution in [0.15, 0.2) is 24.5 Å². The highest BCUT2D eigenvalue weighted by molar-refractivity contribution is 5.95. The summed E-state index contributed by atoms with van der Waals surface area (Å²) in [4.78, 5) is 16.5. The summed E-state index contributed by atoms with van der Waals surface area (Å²) in [5.41, 5.74) is 0.590. The Morgan fingerprint density at radius 2 is 2.28 bits per heavy atom. The molecule has 0 radical (unpaired) electrons. The molecule has 1 saturated heterocycles. The quantitative estimate of drug-likeness (QED) is 0.857. The van der Waals surface area contributed by atoms with Crippen molar-refractivity contribution in [3.05, 3.63) is 24.5 Å². The fraction of sp³-hybridized carbons (Fsp3) is 0.571. The Morgan fingerprint density at radius 3 is 2.89 bits per heavy atom. The van der Waals surface area contributed by atoms with E-state index < -0.39 is 0 Å². The summed E-state index contributed by atoms with van der Waals surface area (Å²) in [6.45, 7) is 3.95. The molecule has 2 rings (SSSR count). The smallest absolute Gasteiger partial charge is 0.231 e. The molecule has 1 aromatic heterocycles. The number of nitrogens with one attached hydrogen (secondary N) is 2. The fourth-order valence-corrected chi connectivity index (χ4v) is 2.67. The van der Waals surface area contributed by atoms with Gasteiger partial charge >= 0.3 is 0 Å². The Bertz CT molecular complexity index is 380. The first-order valence-corrected chi connectivity index (χ1v) is 6.69. The first-order chi connectivity index (χ1) is 8.77. The third kappa shape index (κ3) is 2.88. The zero-order valence-corrected chi connectivity index (χ0v) is 10.9. The van der Waals surface area contributed by atoms with Gasteiger partial charge in [0.05, 0.1) is 5.41 Å². The molecular weight excluding hydrogens is 226 g/mol. The van der Waals surface area contributed by atoms with Crippen LogP contribution < -0.4 is 10.6 Å². The number of amides is 1. The predicted molar refractivity (Wildman–Crippen MR) is 72.3 cm³/mol. The van der Waals surface area contributed by atoms with Crippen molar-refractivity contribution in [1.82, 2.24) is 10.3 Å². The molecule has 1 unspecified atom stereocenters. The number of nitrogens with zero attached hydrogens (tertiary/aromatic N) is 1. The van der Waals surface area contributed by atoms with Gasteiger partial charge in [-0.2, -0.15) is 0 Å². The standard InChI is InChI=1S/C14H21N3O/c1-2-6-14(7-3-8-16-11-14)13(18)17-12-4-9-15-10-5-12/h4-5,9-10,16H,2-3,6-8,11H2,1H3,(H,15,17,18). The summed E-state index contributed by atoms with van der Waals surface area (Å²) in [7, 11) is 0. The number of carbonyl (C=O) groups is 1. The van der Waals surface area contributed by atoms with Crippen molar-refractivity contribution in [3.8, 4) is 0 Å². The van der Waals surface area contributed by atoms with Gasteiger partial charge in [-0.05, 0) is 37.9 Å². The van der Waals surface area contributed by atoms with Gasteiger partial charge < -0.3 is 10.6 Å². The summed E-state index contributed by atoms with van der Waals surface area (Å²) < 4.78 is 0. The van der Waals surface area contributed by atoms with Gasteiger partial charge in [0.15, 0.2) is 0 Å². The second-order valence-corrected chi connectivity index (χ2v) is 5.00. The van der Waals surface area contributed by atoms with E-state index in [1.54, 1.807) is 12.4 Å². The molecular formula is C14H21N3O. The van der Waals surface area contributed by atoms with Gasteiger partial charge in [-0.15, -0.1) is 0 Å². The second kappa shape index (κ2) is 5.96. The van der Waals surface area contributed by atoms with E-state index in [0.717, 1.165) is 44.5 Å². The lowest BCUT2D eigenvalue weighted by Crippen LogP contribution is -2.48. The number of piperidine rings is 1. The van der Waals surface area contributed by atoms with Crippen molar-refractivity contribution in [2.45, 2.75) is 32.6 Å². The minimum Gasteiger partial charge on any atom is -0.325 e. The molecule has 0 aliphatic carbocycles. The number of anilines is 1. The van der Waals surface area contributed by atoms with Crippen molar-refractivity contribution >= 4 is 11.6 Å². The van der Waals surface area contributed by atoms with E-state index in [2.05, 4.69) is 22.5 Å². The van der Waals surface area contributed by atoms with Crippen LogP contribution in [0.25, 0.3) is 0 Å². The van der Waals surface area contributed by atoms with E-state index in [4.69, 9.17) is 0 Å². The summed E-state index contributed by atoms with van der Waals surface area (Å²) in [5.74, 6) is 0.141. The largest absolute Gasteiger partial charge is 0.325 e. The van der Waals surface area contributed by atoms with Gasteiger partial charge in [0.2, 0.25) is 5.91 Å². The monoisotopic (exact) mass is 247 g/mol. The lowest BCUT2D eigenvalue weighted by atomic mass is 9.76. The number of carbonyl (C=O) groups excluding carboxylic acids is 1. The van der Waals surface area contributed by atoms with E-state index in [9.17, 15) is 4.79 Å². The van der Waals surface area contributed by atoms with Crippen LogP contribution in [0.2, 0.25) is 0 Å². The molecule has 0 saturated carbocycles. The average molecular weight is 247 g/mol. The minimum atomic E-state index is -0.240. The zero-order valence-electron chi connectivity index (χ0n) is 10.9. The third-order valence-electron chi connectivity index (χ3n) is 3.62. The van der Waals surface area contributed by atoms with Gasteiger partial charge in [-0.25, -0.2) is 0 Å². The first-order valence-electron chi connectivity index (χ1n) is 6.69. The van der Waals surface area contributed by atoms with Crippen molar-refractivity contribution in [2.75, 3.05) is 18.4 Å². The van der Waals surface area contributed by atoms with Gasteiger partial charge in [0.25, 0.3) is 0 Å². The van der Waals surface area contributed by atoms with Crippen molar-refractivity contribution < 1.29 is 4.79 Å². The van der Waals surface area contributed by atoms with Gasteiger partial charge in [0.1, 0.15) is 0 Å². The summed E-state index contributed by atoms with van der Waals surface area (Å²) in [6, 6.07) is 3.65. The highest BCUT2D eigenvalue weighted by Gasteiger charge is 2.38. The van der Waals surface area contributed by atoms with Crippen LogP contribution in [0.1, 0.15) is 32.6 Å². The Kier molecular flexibility index (Phi) is 4.31. The summed E-state index contributed by atoms with van der Waals surface area (Å²) >= 11 is 0. The molecule has 1 aliphatic rings. The van der Waals surface area contributed by atoms with Crippen LogP contribution in [-0.2, 0) is 4.79 Å². The number of pyridine rings is 1. The molecule has 18 heavy (non-hydrogen) atoms. The molecule has 98 valence electrons. The molecule has 0 bridgehead atoms. The maximum Gasteiger partial charge on any atom is 0.231 e. The maximum atomic E-state index is 12.5. The molecule has 1 amide bonds. The molecule has 1 aromatic rings. The van der Waals surface area contributed by atoms with E-state index in [1.165, 1.54) is 0 Å². The number of hydrogen-bond acceptors (Lipinski definition) is 3. The third-order valence-corrected chi connectivity index (χ3v) is 3.62. The molecule has 2 N–H and O–H groups in total. The lowest BCUT2D eigenvalue weighted by molar-refractivity contribution is -0.127. The molecule has 2 heterocycles. The molecule has 1 atom stereocenters. The maximum absolute atomic E-state index is 12.5. The highest BCUT2D eigenvalue weighted by Crippen LogP contribution is 2.33. The second-order valence-electron chi connectivity index (χ2n) is 5.00. The molecule has 4 heteroatoms. The van der Waals surface area contributed by atoms with Crippen LogP contribution in [0, 0.1) is 5.41 Å². The Morgan fingerprint density at radius 1 is 1.50 bits per heavy atom. The Balaban J connectivity index is 2.08. The molecule has 1 fully saturated rings. The van der Waals surface area contributed by atoms with Crippen molar-refractivity contribution in [2.24, 2.45) is 5.41 Å². The van der Waals surface area contributed by atoms with Crippen molar-refractivity contribution in [3.63, 3.8) is 0 Å². The van der Waals surface area contributed by atoms with Crippen LogP contribution in [-0.4, -0.2) is 24.0 Å². The van der Waals surface area contributed by atoms with Crippen molar-refractivity contribution in [1.29, 1.82) is 0 Å². The Hall–Kier alpha value is -1.42. The summed E-state index contributed by atoms with van der Waals surface area (Å²) in [5, 5.41) is 6.37. The average Bonchev–Trinajstić information content (AvgIpc) is 2.41. The number of rotatable bonds is 4. The normalized spacial score (nSPS) is 23.6. The SMILES string of the molecule is CCCC1(C(=O)Nc2ccncc2)CCCNC1. The van der Waals surface area contributed by atoms with Gasteiger partial charge in [-0.1, -0.05) is 13.3 Å². The summed E-state index contributed by atoms with van der Waals surface area (Å²) in [6.07, 6.45) is 7.42. The van der Waals surface area contributed by atoms with Gasteiger partial charge in [0, 0.05) is 24.6 Å². The number of aromatic nitrogens is 1. The lowest BCUT2D eigenvalue weighted by Gasteiger charge is -2.36. The first kappa shape index (κ1) is 13.0. The van der Waals surface area contributed by atoms with Crippen LogP contribution in [0.4, 0.5) is 5.69 Å². The van der Waals surface area contributed by atoms with E-state index >= 15 is 0 Å². The minimum absolute atomic E-state index is 0.141. The fourth-order valence-electron chi connectivity index (χ4n) is 2.67. The van der Waals surface area contributed by atoms with Crippen LogP contribution in [0.5, 0.6) is 0 Å². The zero-order chi connectivity index (χ0) is 12.8. The van der Waals surface area contributed by atoms with E-state index in [0.29, 0.717) is 0 Å². The Labute approximate surface area is 108 Å². The van der Waals surface area contributed by atoms with Crippen LogP contribution in [0.3, 0.4) is 0 Å². The number of hydrogen-bond donors (Lipinski definition) is 2. The highest BCUT2D eigenvalue weighted by atomic mass is 16.2. The molecule has 0 spiro atoms. The molecule has 0 aromatic carbocycles. The predicted octanol–water partition coefficient (Wildman–Crippen LogP) is 2.19. The topological polar surface area (TPSA) is 54.0 Å². The van der Waals surface area contributed by atoms with E-state index in [-0.39, 0.29) is 11.3 Å². The van der Waals surface area contributed by atoms with Gasteiger partial charge in [-0.3, -0.25) is 9.78 Å². The van der Waals surface area contributed by atoms with E-state index in [1.807, 2.05) is 12.1 Å². The molecule has 1 aliphatic heterocycles. The molecule has 4 nitrogen and oxygen atoms in total.